The summed E-state index contributed by atoms with van der Waals surface area (Å²) in [5.41, 5.74) is 8.69. The summed E-state index contributed by atoms with van der Waals surface area (Å²) in [5.74, 6) is 0.696. The fourth-order valence-electron chi connectivity index (χ4n) is 2.20. The number of nitrogens with zero attached hydrogens (tertiary/aromatic N) is 7. The molecule has 3 aromatic heterocycles. The van der Waals surface area contributed by atoms with E-state index in [9.17, 15) is 5.26 Å². The summed E-state index contributed by atoms with van der Waals surface area (Å²) in [7, 11) is 3.59. The SMILES string of the molecule is Cc1ccn2c(C=C(C#N)c3nc(N)nc(N(C)C)n3)cnc2c1. The van der Waals surface area contributed by atoms with E-state index in [1.165, 1.54) is 0 Å². The van der Waals surface area contributed by atoms with E-state index < -0.39 is 0 Å². The summed E-state index contributed by atoms with van der Waals surface area (Å²) < 4.78 is 1.89. The monoisotopic (exact) mass is 320 g/mol. The van der Waals surface area contributed by atoms with Crippen LogP contribution in [-0.2, 0) is 0 Å². The van der Waals surface area contributed by atoms with Crippen LogP contribution in [0.25, 0.3) is 17.3 Å². The molecule has 3 heterocycles. The van der Waals surface area contributed by atoms with Gasteiger partial charge in [0.15, 0.2) is 5.82 Å². The van der Waals surface area contributed by atoms with E-state index >= 15 is 0 Å². The van der Waals surface area contributed by atoms with Gasteiger partial charge in [-0.25, -0.2) is 4.98 Å². The smallest absolute Gasteiger partial charge is 0.230 e. The van der Waals surface area contributed by atoms with Crippen LogP contribution in [0.3, 0.4) is 0 Å². The molecule has 0 amide bonds. The summed E-state index contributed by atoms with van der Waals surface area (Å²) in [6.45, 7) is 2.00. The first kappa shape index (κ1) is 15.4. The topological polar surface area (TPSA) is 109 Å². The zero-order valence-corrected chi connectivity index (χ0v) is 13.6. The maximum Gasteiger partial charge on any atom is 0.230 e. The molecule has 2 N–H and O–H groups in total. The Labute approximate surface area is 138 Å². The van der Waals surface area contributed by atoms with Gasteiger partial charge in [-0.05, 0) is 30.7 Å². The first-order valence-corrected chi connectivity index (χ1v) is 7.22. The Morgan fingerprint density at radius 3 is 2.83 bits per heavy atom. The largest absolute Gasteiger partial charge is 0.368 e. The Balaban J connectivity index is 2.11. The summed E-state index contributed by atoms with van der Waals surface area (Å²) >= 11 is 0. The average molecular weight is 320 g/mol. The Morgan fingerprint density at radius 1 is 1.33 bits per heavy atom. The molecule has 0 aliphatic heterocycles. The minimum atomic E-state index is 0.0682. The van der Waals surface area contributed by atoms with Gasteiger partial charge < -0.3 is 15.0 Å². The Bertz CT molecular complexity index is 977. The molecule has 0 fully saturated rings. The van der Waals surface area contributed by atoms with Crippen molar-refractivity contribution in [3.8, 4) is 6.07 Å². The maximum absolute atomic E-state index is 9.51. The van der Waals surface area contributed by atoms with E-state index in [-0.39, 0.29) is 17.3 Å². The average Bonchev–Trinajstić information content (AvgIpc) is 2.93. The molecule has 0 aliphatic carbocycles. The lowest BCUT2D eigenvalue weighted by Crippen LogP contribution is -2.15. The number of nitrogens with two attached hydrogens (primary N) is 1. The van der Waals surface area contributed by atoms with Crippen molar-refractivity contribution < 1.29 is 0 Å². The molecule has 0 spiro atoms. The van der Waals surface area contributed by atoms with E-state index in [1.54, 1.807) is 31.3 Å². The van der Waals surface area contributed by atoms with Gasteiger partial charge in [0.25, 0.3) is 0 Å². The predicted molar refractivity (Wildman–Crippen MR) is 92.0 cm³/mol. The van der Waals surface area contributed by atoms with E-state index in [1.807, 2.05) is 29.7 Å². The van der Waals surface area contributed by atoms with Gasteiger partial charge in [-0.2, -0.15) is 20.2 Å². The van der Waals surface area contributed by atoms with Gasteiger partial charge in [0.05, 0.1) is 17.5 Å². The molecule has 3 aromatic rings. The van der Waals surface area contributed by atoms with Crippen LogP contribution in [0.2, 0.25) is 0 Å². The van der Waals surface area contributed by atoms with Crippen molar-refractivity contribution in [2.24, 2.45) is 0 Å². The number of fused-ring (bicyclic) bond motifs is 1. The number of pyridine rings is 1. The van der Waals surface area contributed by atoms with Gasteiger partial charge in [0.2, 0.25) is 11.9 Å². The normalized spacial score (nSPS) is 11.5. The van der Waals surface area contributed by atoms with Crippen LogP contribution in [0.15, 0.2) is 24.5 Å². The van der Waals surface area contributed by atoms with Crippen LogP contribution < -0.4 is 10.6 Å². The van der Waals surface area contributed by atoms with Crippen LogP contribution in [-0.4, -0.2) is 38.4 Å². The van der Waals surface area contributed by atoms with Crippen molar-refractivity contribution in [2.75, 3.05) is 24.7 Å². The fraction of sp³-hybridized carbons (Fsp3) is 0.188. The van der Waals surface area contributed by atoms with Gasteiger partial charge in [0.1, 0.15) is 11.7 Å². The molecule has 8 heteroatoms. The van der Waals surface area contributed by atoms with Crippen LogP contribution in [0, 0.1) is 18.3 Å². The fourth-order valence-corrected chi connectivity index (χ4v) is 2.20. The maximum atomic E-state index is 9.51. The number of aryl methyl sites for hydroxylation is 1. The minimum absolute atomic E-state index is 0.0682. The number of hydrogen-bond donors (Lipinski definition) is 1. The molecule has 0 saturated carbocycles. The number of nitriles is 1. The Hall–Kier alpha value is -3.47. The van der Waals surface area contributed by atoms with E-state index in [0.29, 0.717) is 5.95 Å². The molecule has 0 atom stereocenters. The predicted octanol–water partition coefficient (Wildman–Crippen LogP) is 1.54. The van der Waals surface area contributed by atoms with Crippen LogP contribution in [0.1, 0.15) is 17.1 Å². The van der Waals surface area contributed by atoms with Gasteiger partial charge in [-0.1, -0.05) is 0 Å². The number of rotatable bonds is 3. The Kier molecular flexibility index (Phi) is 3.83. The van der Waals surface area contributed by atoms with Crippen molar-refractivity contribution >= 4 is 29.2 Å². The highest BCUT2D eigenvalue weighted by Crippen LogP contribution is 2.18. The van der Waals surface area contributed by atoms with Gasteiger partial charge in [-0.3, -0.25) is 0 Å². The van der Waals surface area contributed by atoms with Crippen molar-refractivity contribution in [3.05, 3.63) is 41.6 Å². The molecule has 0 aliphatic rings. The number of allylic oxidation sites excluding steroid dienone is 1. The first-order valence-electron chi connectivity index (χ1n) is 7.22. The van der Waals surface area contributed by atoms with Crippen LogP contribution in [0.4, 0.5) is 11.9 Å². The lowest BCUT2D eigenvalue weighted by atomic mass is 10.2. The summed E-state index contributed by atoms with van der Waals surface area (Å²) in [6, 6.07) is 6.06. The van der Waals surface area contributed by atoms with Crippen molar-refractivity contribution in [1.29, 1.82) is 5.26 Å². The third-order valence-corrected chi connectivity index (χ3v) is 3.39. The number of anilines is 2. The molecule has 0 radical (unpaired) electrons. The van der Waals surface area contributed by atoms with E-state index in [0.717, 1.165) is 16.9 Å². The lowest BCUT2D eigenvalue weighted by Gasteiger charge is -2.10. The zero-order chi connectivity index (χ0) is 17.3. The van der Waals surface area contributed by atoms with Crippen molar-refractivity contribution in [1.82, 2.24) is 24.3 Å². The molecule has 0 bridgehead atoms. The summed E-state index contributed by atoms with van der Waals surface area (Å²) in [6.07, 6.45) is 5.29. The zero-order valence-electron chi connectivity index (χ0n) is 13.6. The molecular weight excluding hydrogens is 304 g/mol. The third-order valence-electron chi connectivity index (χ3n) is 3.39. The van der Waals surface area contributed by atoms with Crippen LogP contribution >= 0.6 is 0 Å². The van der Waals surface area contributed by atoms with E-state index in [4.69, 9.17) is 5.73 Å². The molecule has 3 rings (SSSR count). The number of nitrogen functional groups attached to an aromatic ring is 1. The minimum Gasteiger partial charge on any atom is -0.368 e. The summed E-state index contributed by atoms with van der Waals surface area (Å²) in [5, 5.41) is 9.51. The molecular formula is C16H16N8. The molecule has 0 saturated heterocycles. The molecule has 0 aromatic carbocycles. The standard InChI is InChI=1S/C16H16N8/c1-10-4-5-24-12(9-19-13(24)6-10)7-11(8-17)14-20-15(18)22-16(21-14)23(2)3/h4-7,9H,1-3H3,(H2,18,20,21,22). The molecule has 24 heavy (non-hydrogen) atoms. The highest BCUT2D eigenvalue weighted by Gasteiger charge is 2.12. The van der Waals surface area contributed by atoms with Gasteiger partial charge in [-0.15, -0.1) is 0 Å². The second-order valence-corrected chi connectivity index (χ2v) is 5.50. The molecule has 0 unspecified atom stereocenters. The molecule has 8 nitrogen and oxygen atoms in total. The quantitative estimate of drug-likeness (QED) is 0.729. The second kappa shape index (κ2) is 5.96. The van der Waals surface area contributed by atoms with Crippen LogP contribution in [0.5, 0.6) is 0 Å². The highest BCUT2D eigenvalue weighted by atomic mass is 15.3. The Morgan fingerprint density at radius 2 is 2.12 bits per heavy atom. The number of hydrogen-bond acceptors (Lipinski definition) is 7. The van der Waals surface area contributed by atoms with Crippen molar-refractivity contribution in [3.63, 3.8) is 0 Å². The number of imidazole rings is 1. The highest BCUT2D eigenvalue weighted by molar-refractivity contribution is 5.87. The second-order valence-electron chi connectivity index (χ2n) is 5.50. The van der Waals surface area contributed by atoms with Crippen molar-refractivity contribution in [2.45, 2.75) is 6.92 Å². The summed E-state index contributed by atoms with van der Waals surface area (Å²) in [4.78, 5) is 18.4. The third kappa shape index (κ3) is 2.87. The van der Waals surface area contributed by atoms with Gasteiger partial charge in [0, 0.05) is 20.3 Å². The lowest BCUT2D eigenvalue weighted by molar-refractivity contribution is 0.952. The van der Waals surface area contributed by atoms with E-state index in [2.05, 4.69) is 26.0 Å². The number of aromatic nitrogens is 5. The molecule has 120 valence electrons. The first-order chi connectivity index (χ1) is 11.5. The van der Waals surface area contributed by atoms with Gasteiger partial charge >= 0.3 is 0 Å².